The number of hydrogen-bond acceptors (Lipinski definition) is 4. The van der Waals surface area contributed by atoms with Crippen LogP contribution in [0.4, 0.5) is 4.79 Å². The smallest absolute Gasteiger partial charge is 0.407 e. The van der Waals surface area contributed by atoms with Gasteiger partial charge >= 0.3 is 12.1 Å². The van der Waals surface area contributed by atoms with Crippen LogP contribution in [-0.4, -0.2) is 41.8 Å². The molecule has 0 heterocycles. The van der Waals surface area contributed by atoms with E-state index in [2.05, 4.69) is 34.9 Å². The summed E-state index contributed by atoms with van der Waals surface area (Å²) in [5.74, 6) is -1.12. The number of nitrogens with one attached hydrogen (secondary N) is 2. The average molecular weight is 449 g/mol. The molecule has 3 N–H and O–H groups in total. The number of alkyl carbamates (subject to hydrolysis) is 1. The van der Waals surface area contributed by atoms with Crippen molar-refractivity contribution in [1.82, 2.24) is 10.6 Å². The Balaban J connectivity index is 1.18. The monoisotopic (exact) mass is 448 g/mol. The number of carboxylic acids is 1. The van der Waals surface area contributed by atoms with Gasteiger partial charge < -0.3 is 20.5 Å². The molecule has 0 saturated heterocycles. The summed E-state index contributed by atoms with van der Waals surface area (Å²) in [5.41, 5.74) is 3.22. The van der Waals surface area contributed by atoms with Crippen molar-refractivity contribution in [2.24, 2.45) is 5.41 Å². The summed E-state index contributed by atoms with van der Waals surface area (Å²) >= 11 is 0. The van der Waals surface area contributed by atoms with Crippen LogP contribution in [0.3, 0.4) is 0 Å². The maximum absolute atomic E-state index is 12.7. The highest BCUT2D eigenvalue weighted by atomic mass is 16.5. The largest absolute Gasteiger partial charge is 0.481 e. The summed E-state index contributed by atoms with van der Waals surface area (Å²) in [6, 6.07) is 16.3. The van der Waals surface area contributed by atoms with Crippen molar-refractivity contribution < 1.29 is 24.2 Å². The molecular formula is C26H28N2O5. The molecule has 7 heteroatoms. The number of ether oxygens (including phenoxy) is 1. The van der Waals surface area contributed by atoms with Gasteiger partial charge in [0.1, 0.15) is 6.61 Å². The first-order valence-electron chi connectivity index (χ1n) is 11.5. The van der Waals surface area contributed by atoms with Gasteiger partial charge in [-0.2, -0.15) is 0 Å². The topological polar surface area (TPSA) is 105 Å². The van der Waals surface area contributed by atoms with Gasteiger partial charge in [-0.25, -0.2) is 4.79 Å². The zero-order valence-corrected chi connectivity index (χ0v) is 18.4. The lowest BCUT2D eigenvalue weighted by molar-refractivity contribution is -0.143. The standard InChI is InChI=1S/C26H28N2O5/c29-22(27-16-25(12-13-25)23(30)31)14-26(10-5-11-26)28-24(32)33-15-21-19-8-3-1-6-17(19)18-7-2-4-9-20(18)21/h1-4,6-9,21H,5,10-16H2,(H,27,29)(H,28,32)(H,30,31). The Morgan fingerprint density at radius 2 is 1.55 bits per heavy atom. The second-order valence-corrected chi connectivity index (χ2v) is 9.62. The molecule has 2 aromatic rings. The minimum absolute atomic E-state index is 0.0189. The van der Waals surface area contributed by atoms with E-state index in [0.717, 1.165) is 17.5 Å². The minimum Gasteiger partial charge on any atom is -0.481 e. The molecule has 33 heavy (non-hydrogen) atoms. The number of hydrogen-bond donors (Lipinski definition) is 3. The molecule has 0 unspecified atom stereocenters. The zero-order chi connectivity index (χ0) is 23.1. The molecule has 0 atom stereocenters. The summed E-state index contributed by atoms with van der Waals surface area (Å²) in [7, 11) is 0. The van der Waals surface area contributed by atoms with Crippen LogP contribution >= 0.6 is 0 Å². The maximum atomic E-state index is 12.7. The normalized spacial score (nSPS) is 18.9. The van der Waals surface area contributed by atoms with Crippen molar-refractivity contribution in [3.8, 4) is 11.1 Å². The summed E-state index contributed by atoms with van der Waals surface area (Å²) < 4.78 is 5.65. The number of fused-ring (bicyclic) bond motifs is 3. The van der Waals surface area contributed by atoms with Gasteiger partial charge in [-0.05, 0) is 54.4 Å². The first kappa shape index (κ1) is 21.5. The molecule has 0 bridgehead atoms. The molecule has 0 aliphatic heterocycles. The molecule has 5 rings (SSSR count). The molecule has 3 aliphatic rings. The molecule has 2 fully saturated rings. The van der Waals surface area contributed by atoms with Gasteiger partial charge in [-0.3, -0.25) is 9.59 Å². The number of carbonyl (C=O) groups excluding carboxylic acids is 2. The average Bonchev–Trinajstić information content (AvgIpc) is 3.52. The Bertz CT molecular complexity index is 1060. The molecule has 0 radical (unpaired) electrons. The molecule has 2 amide bonds. The lowest BCUT2D eigenvalue weighted by Gasteiger charge is -2.41. The van der Waals surface area contributed by atoms with Gasteiger partial charge in [0.05, 0.1) is 11.0 Å². The predicted molar refractivity (Wildman–Crippen MR) is 122 cm³/mol. The number of aliphatic carboxylic acids is 1. The van der Waals surface area contributed by atoms with E-state index in [4.69, 9.17) is 4.74 Å². The van der Waals surface area contributed by atoms with Gasteiger partial charge in [0, 0.05) is 18.9 Å². The van der Waals surface area contributed by atoms with E-state index in [9.17, 15) is 19.5 Å². The van der Waals surface area contributed by atoms with Crippen LogP contribution < -0.4 is 10.6 Å². The zero-order valence-electron chi connectivity index (χ0n) is 18.4. The van der Waals surface area contributed by atoms with Crippen molar-refractivity contribution in [2.75, 3.05) is 13.2 Å². The van der Waals surface area contributed by atoms with E-state index < -0.39 is 23.0 Å². The molecule has 2 saturated carbocycles. The fraction of sp³-hybridized carbons (Fsp3) is 0.423. The Hall–Kier alpha value is -3.35. The van der Waals surface area contributed by atoms with E-state index >= 15 is 0 Å². The highest BCUT2D eigenvalue weighted by molar-refractivity contribution is 5.82. The highest BCUT2D eigenvalue weighted by Gasteiger charge is 2.50. The van der Waals surface area contributed by atoms with Crippen molar-refractivity contribution in [2.45, 2.75) is 50.0 Å². The van der Waals surface area contributed by atoms with Crippen molar-refractivity contribution in [3.63, 3.8) is 0 Å². The van der Waals surface area contributed by atoms with Gasteiger partial charge in [0.25, 0.3) is 0 Å². The Morgan fingerprint density at radius 1 is 0.939 bits per heavy atom. The molecular weight excluding hydrogens is 420 g/mol. The van der Waals surface area contributed by atoms with Gasteiger partial charge in [0.2, 0.25) is 5.91 Å². The molecule has 172 valence electrons. The van der Waals surface area contributed by atoms with Crippen LogP contribution in [0.25, 0.3) is 11.1 Å². The summed E-state index contributed by atoms with van der Waals surface area (Å²) in [6.45, 7) is 0.367. The number of carboxylic acid groups (broad SMARTS) is 1. The number of rotatable bonds is 8. The van der Waals surface area contributed by atoms with Gasteiger partial charge in [0.15, 0.2) is 0 Å². The molecule has 3 aliphatic carbocycles. The SMILES string of the molecule is O=C(CC1(NC(=O)OCC2c3ccccc3-c3ccccc32)CCC1)NCC1(C(=O)O)CC1. The molecule has 7 nitrogen and oxygen atoms in total. The Labute approximate surface area is 192 Å². The van der Waals surface area contributed by atoms with E-state index in [1.54, 1.807) is 0 Å². The lowest BCUT2D eigenvalue weighted by atomic mass is 9.74. The predicted octanol–water partition coefficient (Wildman–Crippen LogP) is 3.82. The first-order valence-corrected chi connectivity index (χ1v) is 11.5. The fourth-order valence-electron chi connectivity index (χ4n) is 5.06. The van der Waals surface area contributed by atoms with E-state index in [-0.39, 0.29) is 31.4 Å². The Kier molecular flexibility index (Phi) is 5.35. The van der Waals surface area contributed by atoms with Gasteiger partial charge in [-0.1, -0.05) is 48.5 Å². The summed E-state index contributed by atoms with van der Waals surface area (Å²) in [6.07, 6.45) is 3.12. The number of amides is 2. The van der Waals surface area contributed by atoms with Crippen molar-refractivity contribution >= 4 is 18.0 Å². The van der Waals surface area contributed by atoms with Crippen LogP contribution in [-0.2, 0) is 14.3 Å². The lowest BCUT2D eigenvalue weighted by Crippen LogP contribution is -2.56. The van der Waals surface area contributed by atoms with Crippen molar-refractivity contribution in [1.29, 1.82) is 0 Å². The third-order valence-electron chi connectivity index (χ3n) is 7.45. The van der Waals surface area contributed by atoms with E-state index in [1.165, 1.54) is 11.1 Å². The van der Waals surface area contributed by atoms with Gasteiger partial charge in [-0.15, -0.1) is 0 Å². The van der Waals surface area contributed by atoms with E-state index in [0.29, 0.717) is 25.7 Å². The summed E-state index contributed by atoms with van der Waals surface area (Å²) in [5, 5.41) is 15.0. The third-order valence-corrected chi connectivity index (χ3v) is 7.45. The van der Waals surface area contributed by atoms with Crippen LogP contribution in [0, 0.1) is 5.41 Å². The molecule has 0 aromatic heterocycles. The maximum Gasteiger partial charge on any atom is 0.407 e. The quantitative estimate of drug-likeness (QED) is 0.570. The molecule has 2 aromatic carbocycles. The van der Waals surface area contributed by atoms with Crippen LogP contribution in [0.1, 0.15) is 55.6 Å². The first-order chi connectivity index (χ1) is 15.9. The number of carbonyl (C=O) groups is 3. The van der Waals surface area contributed by atoms with Crippen LogP contribution in [0.15, 0.2) is 48.5 Å². The highest BCUT2D eigenvalue weighted by Crippen LogP contribution is 2.46. The van der Waals surface area contributed by atoms with Crippen LogP contribution in [0.5, 0.6) is 0 Å². The third kappa shape index (κ3) is 4.08. The van der Waals surface area contributed by atoms with E-state index in [1.807, 2.05) is 24.3 Å². The second kappa shape index (κ2) is 8.21. The molecule has 0 spiro atoms. The minimum atomic E-state index is -0.863. The summed E-state index contributed by atoms with van der Waals surface area (Å²) in [4.78, 5) is 36.5. The second-order valence-electron chi connectivity index (χ2n) is 9.62. The number of benzene rings is 2. The Morgan fingerprint density at radius 3 is 2.06 bits per heavy atom. The van der Waals surface area contributed by atoms with Crippen LogP contribution in [0.2, 0.25) is 0 Å². The fourth-order valence-corrected chi connectivity index (χ4v) is 5.06. The van der Waals surface area contributed by atoms with Crippen molar-refractivity contribution in [3.05, 3.63) is 59.7 Å².